The van der Waals surface area contributed by atoms with Crippen LogP contribution in [0, 0.1) is 0 Å². The van der Waals surface area contributed by atoms with E-state index in [9.17, 15) is 13.2 Å². The first-order chi connectivity index (χ1) is 14.8. The number of amides is 1. The molecule has 0 aliphatic carbocycles. The molecule has 4 N–H and O–H groups in total. The Morgan fingerprint density at radius 3 is 2.58 bits per heavy atom. The summed E-state index contributed by atoms with van der Waals surface area (Å²) < 4.78 is 32.4. The first-order valence-electron chi connectivity index (χ1n) is 9.26. The van der Waals surface area contributed by atoms with Crippen LogP contribution >= 0.6 is 0 Å². The van der Waals surface area contributed by atoms with E-state index in [-0.39, 0.29) is 29.1 Å². The zero-order chi connectivity index (χ0) is 22.4. The van der Waals surface area contributed by atoms with E-state index in [0.717, 1.165) is 0 Å². The molecule has 1 atom stereocenters. The van der Waals surface area contributed by atoms with Gasteiger partial charge in [-0.1, -0.05) is 12.1 Å². The van der Waals surface area contributed by atoms with Gasteiger partial charge in [0.1, 0.15) is 0 Å². The van der Waals surface area contributed by atoms with E-state index in [1.165, 1.54) is 31.6 Å². The largest absolute Gasteiger partial charge is 0.383 e. The predicted molar refractivity (Wildman–Crippen MR) is 116 cm³/mol. The molecule has 1 amide bonds. The molecule has 0 saturated heterocycles. The highest BCUT2D eigenvalue weighted by molar-refractivity contribution is 7.89. The molecule has 11 heteroatoms. The Morgan fingerprint density at radius 1 is 1.19 bits per heavy atom. The first kappa shape index (κ1) is 22.3. The number of nitrogen functional groups attached to an aromatic ring is 1. The molecule has 2 heterocycles. The number of nitrogens with two attached hydrogens (primary N) is 1. The number of aromatic nitrogens is 3. The number of hydrogen-bond donors (Lipinski definition) is 3. The van der Waals surface area contributed by atoms with Crippen molar-refractivity contribution in [3.8, 4) is 11.3 Å². The number of carbonyl (C=O) groups excluding carboxylic acids is 1. The summed E-state index contributed by atoms with van der Waals surface area (Å²) in [6.07, 6.45) is 4.49. The molecule has 0 aliphatic rings. The molecular weight excluding hydrogens is 420 g/mol. The Morgan fingerprint density at radius 2 is 1.94 bits per heavy atom. The smallest absolute Gasteiger partial charge is 0.278 e. The summed E-state index contributed by atoms with van der Waals surface area (Å²) in [7, 11) is -2.20. The highest BCUT2D eigenvalue weighted by atomic mass is 32.2. The number of anilines is 2. The Kier molecular flexibility index (Phi) is 6.90. The van der Waals surface area contributed by atoms with E-state index >= 15 is 0 Å². The minimum atomic E-state index is -3.70. The third-order valence-electron chi connectivity index (χ3n) is 4.17. The van der Waals surface area contributed by atoms with Crippen LogP contribution in [0.5, 0.6) is 0 Å². The van der Waals surface area contributed by atoms with Gasteiger partial charge in [-0.15, -0.1) is 0 Å². The Labute approximate surface area is 180 Å². The van der Waals surface area contributed by atoms with E-state index in [4.69, 9.17) is 10.5 Å². The van der Waals surface area contributed by atoms with Gasteiger partial charge < -0.3 is 15.8 Å². The topological polar surface area (TPSA) is 149 Å². The fourth-order valence-corrected chi connectivity index (χ4v) is 3.98. The molecule has 0 spiro atoms. The number of hydrogen-bond acceptors (Lipinski definition) is 8. The second kappa shape index (κ2) is 9.60. The molecule has 0 radical (unpaired) electrons. The quantitative estimate of drug-likeness (QED) is 0.477. The van der Waals surface area contributed by atoms with Crippen molar-refractivity contribution in [2.24, 2.45) is 0 Å². The lowest BCUT2D eigenvalue weighted by atomic mass is 10.1. The molecule has 0 aliphatic heterocycles. The maximum absolute atomic E-state index is 12.5. The summed E-state index contributed by atoms with van der Waals surface area (Å²) in [5.41, 5.74) is 7.21. The number of ether oxygens (including phenoxy) is 1. The summed E-state index contributed by atoms with van der Waals surface area (Å²) in [6.45, 7) is 1.96. The third-order valence-corrected chi connectivity index (χ3v) is 5.77. The molecular formula is C20H22N6O4S. The fourth-order valence-electron chi connectivity index (χ4n) is 2.75. The lowest BCUT2D eigenvalue weighted by Crippen LogP contribution is -2.35. The minimum absolute atomic E-state index is 0.0272. The predicted octanol–water partition coefficient (Wildman–Crippen LogP) is 1.69. The maximum Gasteiger partial charge on any atom is 0.278 e. The van der Waals surface area contributed by atoms with Crippen LogP contribution in [0.3, 0.4) is 0 Å². The number of rotatable bonds is 8. The number of methoxy groups -OCH3 is 1. The Hall–Kier alpha value is -3.41. The average Bonchev–Trinajstić information content (AvgIpc) is 2.74. The second-order valence-corrected chi connectivity index (χ2v) is 8.40. The van der Waals surface area contributed by atoms with Crippen LogP contribution in [0.2, 0.25) is 0 Å². The zero-order valence-electron chi connectivity index (χ0n) is 16.9. The van der Waals surface area contributed by atoms with E-state index < -0.39 is 15.9 Å². The summed E-state index contributed by atoms with van der Waals surface area (Å²) in [4.78, 5) is 24.9. The van der Waals surface area contributed by atoms with Gasteiger partial charge in [0, 0.05) is 24.9 Å². The number of benzene rings is 1. The Balaban J connectivity index is 1.82. The maximum atomic E-state index is 12.5. The molecule has 1 aromatic carbocycles. The van der Waals surface area contributed by atoms with Gasteiger partial charge in [0.05, 0.1) is 35.3 Å². The number of pyridine rings is 1. The molecule has 0 bridgehead atoms. The third kappa shape index (κ3) is 5.60. The monoisotopic (exact) mass is 442 g/mol. The van der Waals surface area contributed by atoms with Crippen molar-refractivity contribution >= 4 is 27.4 Å². The van der Waals surface area contributed by atoms with Crippen LogP contribution in [0.15, 0.2) is 59.9 Å². The van der Waals surface area contributed by atoms with Crippen molar-refractivity contribution in [1.29, 1.82) is 0 Å². The van der Waals surface area contributed by atoms with Gasteiger partial charge in [-0.05, 0) is 31.2 Å². The van der Waals surface area contributed by atoms with E-state index in [2.05, 4.69) is 25.0 Å². The lowest BCUT2D eigenvalue weighted by Gasteiger charge is -2.13. The van der Waals surface area contributed by atoms with Crippen molar-refractivity contribution in [2.75, 3.05) is 24.8 Å². The van der Waals surface area contributed by atoms with Gasteiger partial charge >= 0.3 is 0 Å². The number of nitrogens with zero attached hydrogens (tertiary/aromatic N) is 3. The number of nitrogens with one attached hydrogen (secondary N) is 2. The van der Waals surface area contributed by atoms with Gasteiger partial charge in [0.25, 0.3) is 5.91 Å². The molecule has 3 rings (SSSR count). The molecule has 1 unspecified atom stereocenters. The molecule has 162 valence electrons. The van der Waals surface area contributed by atoms with Gasteiger partial charge in [-0.3, -0.25) is 9.78 Å². The summed E-state index contributed by atoms with van der Waals surface area (Å²) in [5.74, 6) is -0.559. The molecule has 10 nitrogen and oxygen atoms in total. The SMILES string of the molecule is COCC(C)NS(=O)(=O)c1ccc(-c2cnc(N)c(C(=O)Nc3cccnc3)n2)cc1. The van der Waals surface area contributed by atoms with Gasteiger partial charge in [0.15, 0.2) is 11.5 Å². The zero-order valence-corrected chi connectivity index (χ0v) is 17.8. The normalized spacial score (nSPS) is 12.3. The van der Waals surface area contributed by atoms with Gasteiger partial charge in [0.2, 0.25) is 10.0 Å². The minimum Gasteiger partial charge on any atom is -0.383 e. The van der Waals surface area contributed by atoms with Crippen LogP contribution in [-0.2, 0) is 14.8 Å². The van der Waals surface area contributed by atoms with Crippen molar-refractivity contribution in [1.82, 2.24) is 19.7 Å². The van der Waals surface area contributed by atoms with Crippen LogP contribution in [-0.4, -0.2) is 49.0 Å². The van der Waals surface area contributed by atoms with Crippen molar-refractivity contribution in [3.63, 3.8) is 0 Å². The Bertz CT molecular complexity index is 1150. The van der Waals surface area contributed by atoms with E-state index in [1.54, 1.807) is 37.4 Å². The molecule has 2 aromatic heterocycles. The number of carbonyl (C=O) groups is 1. The van der Waals surface area contributed by atoms with Crippen LogP contribution in [0.25, 0.3) is 11.3 Å². The number of sulfonamides is 1. The highest BCUT2D eigenvalue weighted by Crippen LogP contribution is 2.21. The highest BCUT2D eigenvalue weighted by Gasteiger charge is 2.18. The van der Waals surface area contributed by atoms with Crippen LogP contribution in [0.1, 0.15) is 17.4 Å². The lowest BCUT2D eigenvalue weighted by molar-refractivity contribution is 0.102. The molecule has 3 aromatic rings. The standard InChI is InChI=1S/C20H22N6O4S/c1-13(12-30-2)26-31(28,29)16-7-5-14(6-8-16)17-11-23-19(21)18(25-17)20(27)24-15-4-3-9-22-10-15/h3-11,13,26H,12H2,1-2H3,(H2,21,23)(H,24,27). The van der Waals surface area contributed by atoms with Gasteiger partial charge in [-0.2, -0.15) is 0 Å². The summed E-state index contributed by atoms with van der Waals surface area (Å²) in [6, 6.07) is 9.05. The first-order valence-corrected chi connectivity index (χ1v) is 10.7. The van der Waals surface area contributed by atoms with Crippen LogP contribution in [0.4, 0.5) is 11.5 Å². The fraction of sp³-hybridized carbons (Fsp3) is 0.200. The summed E-state index contributed by atoms with van der Waals surface area (Å²) in [5, 5.41) is 2.65. The van der Waals surface area contributed by atoms with Crippen molar-refractivity contribution < 1.29 is 17.9 Å². The van der Waals surface area contributed by atoms with Gasteiger partial charge in [-0.25, -0.2) is 23.1 Å². The average molecular weight is 443 g/mol. The molecule has 31 heavy (non-hydrogen) atoms. The second-order valence-electron chi connectivity index (χ2n) is 6.69. The summed E-state index contributed by atoms with van der Waals surface area (Å²) >= 11 is 0. The van der Waals surface area contributed by atoms with Crippen molar-refractivity contribution in [3.05, 3.63) is 60.7 Å². The molecule has 0 saturated carbocycles. The van der Waals surface area contributed by atoms with Crippen molar-refractivity contribution in [2.45, 2.75) is 17.9 Å². The van der Waals surface area contributed by atoms with Crippen LogP contribution < -0.4 is 15.8 Å². The van der Waals surface area contributed by atoms with E-state index in [1.807, 2.05) is 0 Å². The molecule has 0 fully saturated rings. The van der Waals surface area contributed by atoms with E-state index in [0.29, 0.717) is 16.9 Å².